The zero-order valence-corrected chi connectivity index (χ0v) is 22.5. The summed E-state index contributed by atoms with van der Waals surface area (Å²) >= 11 is 1.34. The molecule has 4 amide bonds. The monoisotopic (exact) mass is 521 g/mol. The first kappa shape index (κ1) is 25.4. The van der Waals surface area contributed by atoms with Crippen molar-refractivity contribution in [2.75, 3.05) is 29.4 Å². The van der Waals surface area contributed by atoms with E-state index < -0.39 is 18.1 Å². The Kier molecular flexibility index (Phi) is 7.07. The van der Waals surface area contributed by atoms with Crippen molar-refractivity contribution in [3.8, 4) is 0 Å². The van der Waals surface area contributed by atoms with Crippen LogP contribution in [0.3, 0.4) is 0 Å². The Hall–Kier alpha value is -3.20. The Balaban J connectivity index is 1.56. The number of rotatable bonds is 5. The van der Waals surface area contributed by atoms with E-state index in [0.717, 1.165) is 24.2 Å². The fraction of sp³-hybridized carbons (Fsp3) is 0.500. The molecule has 6 rings (SSSR count). The number of fused-ring (bicyclic) bond motifs is 5. The molecule has 8 nitrogen and oxygen atoms in total. The van der Waals surface area contributed by atoms with Gasteiger partial charge >= 0.3 is 6.03 Å². The highest BCUT2D eigenvalue weighted by molar-refractivity contribution is 7.14. The maximum absolute atomic E-state index is 14.3. The van der Waals surface area contributed by atoms with Gasteiger partial charge in [-0.1, -0.05) is 32.0 Å². The first-order chi connectivity index (χ1) is 17.7. The number of urea groups is 1. The molecule has 1 unspecified atom stereocenters. The number of amides is 4. The van der Waals surface area contributed by atoms with E-state index in [0.29, 0.717) is 28.2 Å². The van der Waals surface area contributed by atoms with Crippen LogP contribution >= 0.6 is 11.3 Å². The molecule has 3 aliphatic heterocycles. The van der Waals surface area contributed by atoms with E-state index in [9.17, 15) is 14.4 Å². The van der Waals surface area contributed by atoms with Crippen molar-refractivity contribution >= 4 is 45.6 Å². The molecule has 9 heteroatoms. The lowest BCUT2D eigenvalue weighted by atomic mass is 9.84. The first-order valence-corrected chi connectivity index (χ1v) is 14.0. The third-order valence-corrected chi connectivity index (χ3v) is 8.89. The van der Waals surface area contributed by atoms with Gasteiger partial charge in [0.1, 0.15) is 11.5 Å². The van der Waals surface area contributed by atoms with E-state index in [4.69, 9.17) is 10.7 Å². The molecule has 1 aliphatic carbocycles. The molecule has 2 saturated heterocycles. The Bertz CT molecular complexity index is 1220. The molecule has 2 N–H and O–H groups in total. The van der Waals surface area contributed by atoms with Crippen LogP contribution in [0, 0.1) is 24.7 Å². The number of aliphatic imine (C=N–C) groups is 1. The summed E-state index contributed by atoms with van der Waals surface area (Å²) in [5, 5.41) is 2.44. The summed E-state index contributed by atoms with van der Waals surface area (Å²) in [6.45, 7) is 7.30. The van der Waals surface area contributed by atoms with E-state index in [-0.39, 0.29) is 18.4 Å². The Labute approximate surface area is 222 Å². The fourth-order valence-electron chi connectivity index (χ4n) is 5.91. The molecule has 2 bridgehead atoms. The van der Waals surface area contributed by atoms with Crippen LogP contribution < -0.4 is 15.5 Å². The molecule has 4 aliphatic rings. The zero-order chi connectivity index (χ0) is 26.3. The van der Waals surface area contributed by atoms with Gasteiger partial charge in [-0.05, 0) is 73.4 Å². The van der Waals surface area contributed by atoms with Crippen molar-refractivity contribution in [2.24, 2.45) is 28.5 Å². The van der Waals surface area contributed by atoms with Gasteiger partial charge in [-0.15, -0.1) is 11.3 Å². The Morgan fingerprint density at radius 2 is 1.76 bits per heavy atom. The number of para-hydroxylation sites is 1. The molecule has 1 aromatic heterocycles. The molecular weight excluding hydrogens is 486 g/mol. The molecule has 2 aromatic rings. The summed E-state index contributed by atoms with van der Waals surface area (Å²) in [7, 11) is 0. The SMILES string of the molecule is Cc1ccsc1N(C(N)=O)C1N=C(C(C)C)c2ccccc2N(CC(=O)N2CC3CCC(CC3)C2)C1=O. The highest BCUT2D eigenvalue weighted by Crippen LogP contribution is 2.36. The van der Waals surface area contributed by atoms with Crippen molar-refractivity contribution in [1.82, 2.24) is 4.90 Å². The van der Waals surface area contributed by atoms with E-state index in [1.165, 1.54) is 46.8 Å². The standard InChI is InChI=1S/C28H35N5O3S/c1-17(2)24-21-6-4-5-7-22(21)32(16-23(34)31-14-19-8-9-20(15-31)11-10-19)26(35)25(30-24)33(28(29)36)27-18(3)12-13-37-27/h4-7,12-13,17,19-20,25H,8-11,14-16H2,1-3H3,(H2,29,36). The van der Waals surface area contributed by atoms with Crippen molar-refractivity contribution in [3.63, 3.8) is 0 Å². The lowest BCUT2D eigenvalue weighted by molar-refractivity contribution is -0.132. The lowest BCUT2D eigenvalue weighted by Gasteiger charge is -2.31. The molecule has 37 heavy (non-hydrogen) atoms. The molecule has 3 fully saturated rings. The van der Waals surface area contributed by atoms with Crippen LogP contribution in [-0.4, -0.2) is 54.3 Å². The molecule has 1 saturated carbocycles. The van der Waals surface area contributed by atoms with E-state index in [2.05, 4.69) is 0 Å². The van der Waals surface area contributed by atoms with Gasteiger partial charge in [-0.25, -0.2) is 4.79 Å². The van der Waals surface area contributed by atoms with Gasteiger partial charge in [-0.3, -0.25) is 24.4 Å². The van der Waals surface area contributed by atoms with Gasteiger partial charge in [-0.2, -0.15) is 0 Å². The summed E-state index contributed by atoms with van der Waals surface area (Å²) in [5.74, 6) is 0.552. The normalized spacial score (nSPS) is 23.4. The second kappa shape index (κ2) is 10.3. The lowest BCUT2D eigenvalue weighted by Crippen LogP contribution is -2.54. The van der Waals surface area contributed by atoms with Gasteiger partial charge < -0.3 is 10.6 Å². The summed E-state index contributed by atoms with van der Waals surface area (Å²) in [4.78, 5) is 50.4. The maximum Gasteiger partial charge on any atom is 0.322 e. The molecule has 4 heterocycles. The van der Waals surface area contributed by atoms with Gasteiger partial charge in [0, 0.05) is 24.4 Å². The van der Waals surface area contributed by atoms with Crippen LogP contribution in [0.1, 0.15) is 50.7 Å². The third kappa shape index (κ3) is 4.89. The van der Waals surface area contributed by atoms with Crippen LogP contribution in [0.5, 0.6) is 0 Å². The molecular formula is C28H35N5O3S. The number of carbonyl (C=O) groups is 3. The number of hydrogen-bond acceptors (Lipinski definition) is 5. The highest BCUT2D eigenvalue weighted by Gasteiger charge is 2.41. The predicted octanol–water partition coefficient (Wildman–Crippen LogP) is 4.41. The average molecular weight is 522 g/mol. The second-order valence-electron chi connectivity index (χ2n) is 10.8. The van der Waals surface area contributed by atoms with E-state index in [1.54, 1.807) is 0 Å². The number of nitrogens with two attached hydrogens (primary N) is 1. The predicted molar refractivity (Wildman–Crippen MR) is 147 cm³/mol. The quantitative estimate of drug-likeness (QED) is 0.631. The Morgan fingerprint density at radius 1 is 1.11 bits per heavy atom. The number of thiophene rings is 1. The summed E-state index contributed by atoms with van der Waals surface area (Å²) < 4.78 is 0. The average Bonchev–Trinajstić information content (AvgIpc) is 3.03. The number of hydrogen-bond donors (Lipinski definition) is 1. The van der Waals surface area contributed by atoms with E-state index >= 15 is 0 Å². The van der Waals surface area contributed by atoms with Gasteiger partial charge in [0.2, 0.25) is 12.1 Å². The number of anilines is 2. The number of benzodiazepines with no additional fused rings is 1. The minimum atomic E-state index is -1.20. The highest BCUT2D eigenvalue weighted by atomic mass is 32.1. The van der Waals surface area contributed by atoms with Crippen LogP contribution in [-0.2, 0) is 9.59 Å². The first-order valence-electron chi connectivity index (χ1n) is 13.1. The summed E-state index contributed by atoms with van der Waals surface area (Å²) in [6.07, 6.45) is 3.47. The minimum Gasteiger partial charge on any atom is -0.351 e. The largest absolute Gasteiger partial charge is 0.351 e. The number of aryl methyl sites for hydroxylation is 1. The summed E-state index contributed by atoms with van der Waals surface area (Å²) in [5.41, 5.74) is 8.84. The Morgan fingerprint density at radius 3 is 2.32 bits per heavy atom. The maximum atomic E-state index is 14.3. The van der Waals surface area contributed by atoms with Crippen molar-refractivity contribution in [1.29, 1.82) is 0 Å². The van der Waals surface area contributed by atoms with Gasteiger partial charge in [0.15, 0.2) is 0 Å². The number of nitrogens with zero attached hydrogens (tertiary/aromatic N) is 4. The van der Waals surface area contributed by atoms with Crippen LogP contribution in [0.4, 0.5) is 15.5 Å². The van der Waals surface area contributed by atoms with E-state index in [1.807, 2.05) is 61.4 Å². The van der Waals surface area contributed by atoms with Crippen molar-refractivity contribution in [2.45, 2.75) is 52.6 Å². The molecule has 196 valence electrons. The number of primary amides is 1. The number of carbonyl (C=O) groups excluding carboxylic acids is 3. The molecule has 1 aromatic carbocycles. The fourth-order valence-corrected chi connectivity index (χ4v) is 6.87. The zero-order valence-electron chi connectivity index (χ0n) is 21.7. The topological polar surface area (TPSA) is 99.3 Å². The van der Waals surface area contributed by atoms with Crippen LogP contribution in [0.25, 0.3) is 0 Å². The van der Waals surface area contributed by atoms with Crippen molar-refractivity contribution < 1.29 is 14.4 Å². The van der Waals surface area contributed by atoms with Crippen LogP contribution in [0.15, 0.2) is 40.7 Å². The molecule has 0 spiro atoms. The molecule has 1 atom stereocenters. The summed E-state index contributed by atoms with van der Waals surface area (Å²) in [6, 6.07) is 8.69. The number of benzene rings is 1. The minimum absolute atomic E-state index is 0.0208. The molecule has 0 radical (unpaired) electrons. The van der Waals surface area contributed by atoms with Gasteiger partial charge in [0.25, 0.3) is 5.91 Å². The van der Waals surface area contributed by atoms with Crippen LogP contribution in [0.2, 0.25) is 0 Å². The van der Waals surface area contributed by atoms with Gasteiger partial charge in [0.05, 0.1) is 5.69 Å². The smallest absolute Gasteiger partial charge is 0.322 e. The third-order valence-electron chi connectivity index (χ3n) is 7.87. The van der Waals surface area contributed by atoms with Crippen molar-refractivity contribution in [3.05, 3.63) is 46.8 Å². The second-order valence-corrected chi connectivity index (χ2v) is 11.7.